The summed E-state index contributed by atoms with van der Waals surface area (Å²) in [5, 5.41) is 7.94. The molecule has 1 aliphatic rings. The van der Waals surface area contributed by atoms with Crippen LogP contribution in [0.5, 0.6) is 0 Å². The minimum atomic E-state index is -0.459. The monoisotopic (exact) mass is 412 g/mol. The third-order valence-electron chi connectivity index (χ3n) is 4.10. The number of nitrogens with two attached hydrogens (primary N) is 1. The van der Waals surface area contributed by atoms with Gasteiger partial charge in [0.15, 0.2) is 17.3 Å². The van der Waals surface area contributed by atoms with E-state index in [9.17, 15) is 4.79 Å². The first kappa shape index (κ1) is 18.4. The number of hydrogen-bond acceptors (Lipinski definition) is 6. The number of nitrogens with zero attached hydrogens (tertiary/aromatic N) is 2. The van der Waals surface area contributed by atoms with E-state index in [0.29, 0.717) is 15.9 Å². The van der Waals surface area contributed by atoms with Crippen molar-refractivity contribution in [3.05, 3.63) is 65.3 Å². The van der Waals surface area contributed by atoms with Gasteiger partial charge in [0.05, 0.1) is 5.75 Å². The Morgan fingerprint density at radius 2 is 1.96 bits per heavy atom. The second-order valence-electron chi connectivity index (χ2n) is 6.08. The van der Waals surface area contributed by atoms with Crippen LogP contribution in [0.1, 0.15) is 11.7 Å². The quantitative estimate of drug-likeness (QED) is 0.526. The molecule has 142 valence electrons. The number of rotatable bonds is 4. The van der Waals surface area contributed by atoms with Crippen molar-refractivity contribution in [1.82, 2.24) is 10.3 Å². The predicted octanol–water partition coefficient (Wildman–Crippen LogP) is 3.47. The average molecular weight is 413 g/mol. The number of aliphatic imine (C=N–C) groups is 2. The van der Waals surface area contributed by atoms with Crippen molar-refractivity contribution in [3.63, 3.8) is 0 Å². The van der Waals surface area contributed by atoms with Gasteiger partial charge >= 0.3 is 0 Å². The zero-order valence-electron chi connectivity index (χ0n) is 14.6. The molecule has 0 unspecified atom stereocenters. The largest absolute Gasteiger partial charge is 0.370 e. The number of benzene rings is 2. The summed E-state index contributed by atoms with van der Waals surface area (Å²) in [5.74, 6) is 0.301. The second kappa shape index (κ2) is 7.95. The molecule has 0 bridgehead atoms. The number of guanidine groups is 1. The molecule has 9 heteroatoms. The number of fused-ring (bicyclic) bond motifs is 1. The van der Waals surface area contributed by atoms with E-state index < -0.39 is 6.17 Å². The number of nitrogens with one attached hydrogen (secondary N) is 3. The summed E-state index contributed by atoms with van der Waals surface area (Å²) in [6.45, 7) is 0. The summed E-state index contributed by atoms with van der Waals surface area (Å²) >= 11 is 7.12. The first-order valence-corrected chi connectivity index (χ1v) is 9.87. The van der Waals surface area contributed by atoms with Gasteiger partial charge in [0.25, 0.3) is 0 Å². The van der Waals surface area contributed by atoms with Gasteiger partial charge in [-0.05, 0) is 30.3 Å². The lowest BCUT2D eigenvalue weighted by molar-refractivity contribution is -0.113. The standard InChI is InChI=1S/C19H17ClN6OS/c20-11-5-7-12(8-6-11)23-16(27)10-28-19-25-17(24-18(21)26-19)14-9-22-15-4-2-1-3-13(14)15/h1-9,17,22H,10H2,(H,23,27)(H3,21,24,25,26)/t17-/m1/s1. The zero-order valence-corrected chi connectivity index (χ0v) is 16.2. The van der Waals surface area contributed by atoms with Crippen molar-refractivity contribution >= 4 is 57.0 Å². The maximum atomic E-state index is 12.2. The van der Waals surface area contributed by atoms with Crippen molar-refractivity contribution in [2.45, 2.75) is 6.17 Å². The first-order chi connectivity index (χ1) is 13.6. The Labute approximate surface area is 170 Å². The summed E-state index contributed by atoms with van der Waals surface area (Å²) in [4.78, 5) is 24.4. The molecule has 5 N–H and O–H groups in total. The Kier molecular flexibility index (Phi) is 5.23. The molecule has 7 nitrogen and oxygen atoms in total. The van der Waals surface area contributed by atoms with E-state index in [-0.39, 0.29) is 17.6 Å². The molecule has 0 radical (unpaired) electrons. The number of anilines is 1. The van der Waals surface area contributed by atoms with Gasteiger partial charge in [-0.3, -0.25) is 4.79 Å². The van der Waals surface area contributed by atoms with Crippen LogP contribution in [0.4, 0.5) is 5.69 Å². The molecule has 1 aromatic heterocycles. The van der Waals surface area contributed by atoms with E-state index in [4.69, 9.17) is 17.3 Å². The number of thioether (sulfide) groups is 1. The number of aromatic amines is 1. The molecule has 1 aliphatic heterocycles. The Bertz CT molecular complexity index is 1080. The van der Waals surface area contributed by atoms with E-state index in [0.717, 1.165) is 16.5 Å². The lowest BCUT2D eigenvalue weighted by Crippen LogP contribution is -2.39. The fraction of sp³-hybridized carbons (Fsp3) is 0.105. The SMILES string of the molecule is NC1=N[C@@H](c2c[nH]c3ccccc23)N=C(SCC(=O)Nc2ccc(Cl)cc2)N1. The molecule has 3 aromatic rings. The summed E-state index contributed by atoms with van der Waals surface area (Å²) < 4.78 is 0. The first-order valence-electron chi connectivity index (χ1n) is 8.51. The van der Waals surface area contributed by atoms with Gasteiger partial charge in [0.1, 0.15) is 0 Å². The molecule has 0 aliphatic carbocycles. The molecule has 2 heterocycles. The van der Waals surface area contributed by atoms with Crippen LogP contribution < -0.4 is 16.4 Å². The van der Waals surface area contributed by atoms with Crippen LogP contribution in [-0.4, -0.2) is 27.8 Å². The molecule has 0 saturated heterocycles. The van der Waals surface area contributed by atoms with Crippen LogP contribution in [0.3, 0.4) is 0 Å². The lowest BCUT2D eigenvalue weighted by atomic mass is 10.1. The molecule has 0 saturated carbocycles. The summed E-state index contributed by atoms with van der Waals surface area (Å²) in [7, 11) is 0. The Balaban J connectivity index is 1.44. The van der Waals surface area contributed by atoms with E-state index in [1.54, 1.807) is 24.3 Å². The third-order valence-corrected chi connectivity index (χ3v) is 5.24. The number of para-hydroxylation sites is 1. The number of amidine groups is 1. The molecular weight excluding hydrogens is 396 g/mol. The number of halogens is 1. The highest BCUT2D eigenvalue weighted by Crippen LogP contribution is 2.29. The Morgan fingerprint density at radius 1 is 1.18 bits per heavy atom. The number of H-pyrrole nitrogens is 1. The lowest BCUT2D eigenvalue weighted by Gasteiger charge is -2.18. The fourth-order valence-corrected chi connectivity index (χ4v) is 3.65. The highest BCUT2D eigenvalue weighted by atomic mass is 35.5. The number of carbonyl (C=O) groups excluding carboxylic acids is 1. The van der Waals surface area contributed by atoms with Crippen molar-refractivity contribution in [1.29, 1.82) is 0 Å². The van der Waals surface area contributed by atoms with Gasteiger partial charge < -0.3 is 21.4 Å². The van der Waals surface area contributed by atoms with Crippen molar-refractivity contribution in [3.8, 4) is 0 Å². The van der Waals surface area contributed by atoms with Crippen molar-refractivity contribution in [2.75, 3.05) is 11.1 Å². The highest BCUT2D eigenvalue weighted by molar-refractivity contribution is 8.14. The average Bonchev–Trinajstić information content (AvgIpc) is 3.12. The number of carbonyl (C=O) groups is 1. The molecule has 2 aromatic carbocycles. The number of amides is 1. The summed E-state index contributed by atoms with van der Waals surface area (Å²) in [6.07, 6.45) is 1.43. The minimum Gasteiger partial charge on any atom is -0.370 e. The Morgan fingerprint density at radius 3 is 2.79 bits per heavy atom. The maximum absolute atomic E-state index is 12.2. The molecule has 4 rings (SSSR count). The second-order valence-corrected chi connectivity index (χ2v) is 7.48. The van der Waals surface area contributed by atoms with Gasteiger partial charge in [-0.15, -0.1) is 0 Å². The van der Waals surface area contributed by atoms with Gasteiger partial charge in [0, 0.05) is 33.4 Å². The zero-order chi connectivity index (χ0) is 19.5. The molecule has 1 atom stereocenters. The maximum Gasteiger partial charge on any atom is 0.234 e. The molecular formula is C19H17ClN6OS. The summed E-state index contributed by atoms with van der Waals surface area (Å²) in [6, 6.07) is 14.9. The van der Waals surface area contributed by atoms with Crippen LogP contribution in [0, 0.1) is 0 Å². The van der Waals surface area contributed by atoms with Crippen LogP contribution >= 0.6 is 23.4 Å². The normalized spacial score (nSPS) is 16.2. The van der Waals surface area contributed by atoms with Gasteiger partial charge in [-0.1, -0.05) is 41.6 Å². The molecule has 0 spiro atoms. The fourth-order valence-electron chi connectivity index (χ4n) is 2.83. The molecule has 28 heavy (non-hydrogen) atoms. The van der Waals surface area contributed by atoms with E-state index in [2.05, 4.69) is 25.6 Å². The topological polar surface area (TPSA) is 108 Å². The van der Waals surface area contributed by atoms with Crippen LogP contribution in [0.25, 0.3) is 10.9 Å². The van der Waals surface area contributed by atoms with Crippen LogP contribution in [0.2, 0.25) is 5.02 Å². The van der Waals surface area contributed by atoms with Gasteiger partial charge in [-0.2, -0.15) is 0 Å². The van der Waals surface area contributed by atoms with E-state index >= 15 is 0 Å². The smallest absolute Gasteiger partial charge is 0.234 e. The Hall–Kier alpha value is -2.97. The number of hydrogen-bond donors (Lipinski definition) is 4. The van der Waals surface area contributed by atoms with Crippen molar-refractivity contribution < 1.29 is 4.79 Å². The van der Waals surface area contributed by atoms with Crippen LogP contribution in [0.15, 0.2) is 64.7 Å². The van der Waals surface area contributed by atoms with Gasteiger partial charge in [0.2, 0.25) is 5.91 Å². The highest BCUT2D eigenvalue weighted by Gasteiger charge is 2.20. The van der Waals surface area contributed by atoms with E-state index in [1.165, 1.54) is 11.8 Å². The van der Waals surface area contributed by atoms with Crippen molar-refractivity contribution in [2.24, 2.45) is 15.7 Å². The van der Waals surface area contributed by atoms with E-state index in [1.807, 2.05) is 30.5 Å². The minimum absolute atomic E-state index is 0.151. The third kappa shape index (κ3) is 4.13. The number of aromatic nitrogens is 1. The predicted molar refractivity (Wildman–Crippen MR) is 116 cm³/mol. The van der Waals surface area contributed by atoms with Gasteiger partial charge in [-0.25, -0.2) is 9.98 Å². The van der Waals surface area contributed by atoms with Crippen LogP contribution in [-0.2, 0) is 4.79 Å². The molecule has 0 fully saturated rings. The summed E-state index contributed by atoms with van der Waals surface area (Å²) in [5.41, 5.74) is 8.56. The molecule has 1 amide bonds.